The van der Waals surface area contributed by atoms with E-state index < -0.39 is 6.04 Å². The Bertz CT molecular complexity index is 698. The number of carbonyl (C=O) groups is 2. The summed E-state index contributed by atoms with van der Waals surface area (Å²) in [6.07, 6.45) is 0.199. The van der Waals surface area contributed by atoms with Crippen molar-refractivity contribution >= 4 is 33.2 Å². The van der Waals surface area contributed by atoms with E-state index in [1.165, 1.54) is 15.6 Å². The Morgan fingerprint density at radius 1 is 1.45 bits per heavy atom. The molecule has 1 fully saturated rings. The third-order valence-electron chi connectivity index (χ3n) is 4.03. The van der Waals surface area contributed by atoms with Gasteiger partial charge in [0.1, 0.15) is 0 Å². The highest BCUT2D eigenvalue weighted by molar-refractivity contribution is 7.17. The second kappa shape index (κ2) is 6.46. The molecule has 0 bridgehead atoms. The predicted octanol–water partition coefficient (Wildman–Crippen LogP) is 1.34. The van der Waals surface area contributed by atoms with E-state index in [9.17, 15) is 9.59 Å². The van der Waals surface area contributed by atoms with Crippen molar-refractivity contribution in [3.8, 4) is 0 Å². The number of hydrogen-bond acceptors (Lipinski definition) is 4. The minimum Gasteiger partial charge on any atom is -0.359 e. The van der Waals surface area contributed by atoms with Crippen molar-refractivity contribution < 1.29 is 9.59 Å². The fourth-order valence-electron chi connectivity index (χ4n) is 2.82. The van der Waals surface area contributed by atoms with E-state index in [0.717, 1.165) is 6.54 Å². The summed E-state index contributed by atoms with van der Waals surface area (Å²) in [6, 6.07) is 7.88. The first-order valence-electron chi connectivity index (χ1n) is 7.36. The lowest BCUT2D eigenvalue weighted by atomic mass is 10.1. The zero-order chi connectivity index (χ0) is 15.5. The predicted molar refractivity (Wildman–Crippen MR) is 87.7 cm³/mol. The van der Waals surface area contributed by atoms with E-state index >= 15 is 0 Å². The van der Waals surface area contributed by atoms with E-state index in [0.29, 0.717) is 13.1 Å². The Kier molecular flexibility index (Phi) is 4.40. The molecule has 0 radical (unpaired) electrons. The van der Waals surface area contributed by atoms with E-state index in [1.807, 2.05) is 12.1 Å². The molecule has 2 aromatic rings. The maximum atomic E-state index is 12.1. The molecule has 116 valence electrons. The molecule has 6 heteroatoms. The van der Waals surface area contributed by atoms with Gasteiger partial charge in [-0.2, -0.15) is 0 Å². The number of thiophene rings is 1. The van der Waals surface area contributed by atoms with Gasteiger partial charge >= 0.3 is 0 Å². The van der Waals surface area contributed by atoms with Crippen molar-refractivity contribution in [2.45, 2.75) is 19.0 Å². The van der Waals surface area contributed by atoms with Crippen molar-refractivity contribution in [1.29, 1.82) is 0 Å². The Balaban J connectivity index is 1.82. The number of hydrogen-bond donors (Lipinski definition) is 2. The van der Waals surface area contributed by atoms with Crippen molar-refractivity contribution in [2.24, 2.45) is 0 Å². The van der Waals surface area contributed by atoms with Crippen LogP contribution < -0.4 is 10.6 Å². The summed E-state index contributed by atoms with van der Waals surface area (Å²) in [5, 5.41) is 8.83. The van der Waals surface area contributed by atoms with Crippen molar-refractivity contribution in [3.05, 3.63) is 35.2 Å². The molecule has 1 atom stereocenters. The van der Waals surface area contributed by atoms with Crippen LogP contribution >= 0.6 is 11.3 Å². The van der Waals surface area contributed by atoms with Gasteiger partial charge in [0.2, 0.25) is 11.8 Å². The number of rotatable bonds is 4. The van der Waals surface area contributed by atoms with Gasteiger partial charge < -0.3 is 10.6 Å². The zero-order valence-corrected chi connectivity index (χ0v) is 13.3. The molecule has 1 aromatic carbocycles. The molecular formula is C16H19N3O2S. The summed E-state index contributed by atoms with van der Waals surface area (Å²) in [6.45, 7) is 2.09. The summed E-state index contributed by atoms with van der Waals surface area (Å²) in [7, 11) is 1.60. The van der Waals surface area contributed by atoms with Crippen LogP contribution in [0.3, 0.4) is 0 Å². The highest BCUT2D eigenvalue weighted by atomic mass is 32.1. The van der Waals surface area contributed by atoms with Crippen LogP contribution in [0, 0.1) is 0 Å². The molecule has 0 saturated carbocycles. The molecule has 0 aliphatic carbocycles. The molecule has 1 aliphatic heterocycles. The Hall–Kier alpha value is -1.92. The van der Waals surface area contributed by atoms with Gasteiger partial charge in [0, 0.05) is 31.4 Å². The van der Waals surface area contributed by atoms with E-state index in [2.05, 4.69) is 33.0 Å². The third-order valence-corrected chi connectivity index (χ3v) is 5.05. The third kappa shape index (κ3) is 2.98. The van der Waals surface area contributed by atoms with E-state index in [4.69, 9.17) is 0 Å². The SMILES string of the molecule is CNC(=O)C[C@@H]1C(=O)NCCN1Cc1csc2ccccc12. The fourth-order valence-corrected chi connectivity index (χ4v) is 3.78. The number of amides is 2. The molecule has 0 spiro atoms. The number of nitrogens with zero attached hydrogens (tertiary/aromatic N) is 1. The first-order chi connectivity index (χ1) is 10.7. The fraction of sp³-hybridized carbons (Fsp3) is 0.375. The lowest BCUT2D eigenvalue weighted by Crippen LogP contribution is -2.55. The Morgan fingerprint density at radius 3 is 3.09 bits per heavy atom. The number of fused-ring (bicyclic) bond motifs is 1. The van der Waals surface area contributed by atoms with Gasteiger partial charge in [0.05, 0.1) is 12.5 Å². The van der Waals surface area contributed by atoms with Crippen LogP contribution in [0.25, 0.3) is 10.1 Å². The molecule has 1 aliphatic rings. The monoisotopic (exact) mass is 317 g/mol. The lowest BCUT2D eigenvalue weighted by Gasteiger charge is -2.34. The second-order valence-corrected chi connectivity index (χ2v) is 6.32. The van der Waals surface area contributed by atoms with Crippen LogP contribution in [0.15, 0.2) is 29.6 Å². The van der Waals surface area contributed by atoms with Crippen molar-refractivity contribution in [3.63, 3.8) is 0 Å². The molecule has 3 rings (SSSR count). The van der Waals surface area contributed by atoms with Crippen LogP contribution in [0.5, 0.6) is 0 Å². The highest BCUT2D eigenvalue weighted by Crippen LogP contribution is 2.27. The van der Waals surface area contributed by atoms with Gasteiger partial charge in [-0.1, -0.05) is 18.2 Å². The number of nitrogens with one attached hydrogen (secondary N) is 2. The molecule has 22 heavy (non-hydrogen) atoms. The topological polar surface area (TPSA) is 61.4 Å². The van der Waals surface area contributed by atoms with Crippen LogP contribution in [0.4, 0.5) is 0 Å². The van der Waals surface area contributed by atoms with Gasteiger partial charge in [-0.25, -0.2) is 0 Å². The summed E-state index contributed by atoms with van der Waals surface area (Å²) in [5.41, 5.74) is 1.22. The van der Waals surface area contributed by atoms with Crippen LogP contribution in [-0.4, -0.2) is 42.9 Å². The van der Waals surface area contributed by atoms with E-state index in [-0.39, 0.29) is 18.2 Å². The van der Waals surface area contributed by atoms with Crippen molar-refractivity contribution in [2.75, 3.05) is 20.1 Å². The lowest BCUT2D eigenvalue weighted by molar-refractivity contribution is -0.134. The van der Waals surface area contributed by atoms with Gasteiger partial charge in [-0.15, -0.1) is 11.3 Å². The molecule has 2 amide bonds. The highest BCUT2D eigenvalue weighted by Gasteiger charge is 2.31. The second-order valence-electron chi connectivity index (χ2n) is 5.41. The average molecular weight is 317 g/mol. The number of piperazine rings is 1. The molecule has 1 saturated heterocycles. The van der Waals surface area contributed by atoms with Crippen LogP contribution in [0.1, 0.15) is 12.0 Å². The quantitative estimate of drug-likeness (QED) is 0.894. The molecular weight excluding hydrogens is 298 g/mol. The Labute approximate surface area is 133 Å². The summed E-state index contributed by atoms with van der Waals surface area (Å²) in [5.74, 6) is -0.170. The molecule has 1 aromatic heterocycles. The van der Waals surface area contributed by atoms with Gasteiger partial charge in [-0.3, -0.25) is 14.5 Å². The average Bonchev–Trinajstić information content (AvgIpc) is 2.94. The van der Waals surface area contributed by atoms with Gasteiger partial charge in [0.15, 0.2) is 0 Å². The van der Waals surface area contributed by atoms with Crippen LogP contribution in [0.2, 0.25) is 0 Å². The summed E-state index contributed by atoms with van der Waals surface area (Å²) < 4.78 is 1.25. The first-order valence-corrected chi connectivity index (χ1v) is 8.24. The van der Waals surface area contributed by atoms with Gasteiger partial charge in [0.25, 0.3) is 0 Å². The first kappa shape index (κ1) is 15.0. The molecule has 2 N–H and O–H groups in total. The Morgan fingerprint density at radius 2 is 2.27 bits per heavy atom. The molecule has 2 heterocycles. The maximum absolute atomic E-state index is 12.1. The zero-order valence-electron chi connectivity index (χ0n) is 12.5. The standard InChI is InChI=1S/C16H19N3O2S/c1-17-15(20)8-13-16(21)18-6-7-19(13)9-11-10-22-14-5-3-2-4-12(11)14/h2-5,10,13H,6-9H2,1H3,(H,17,20)(H,18,21)/t13-/m1/s1. The maximum Gasteiger partial charge on any atom is 0.237 e. The molecule has 5 nitrogen and oxygen atoms in total. The number of benzene rings is 1. The van der Waals surface area contributed by atoms with Crippen molar-refractivity contribution in [1.82, 2.24) is 15.5 Å². The largest absolute Gasteiger partial charge is 0.359 e. The number of carbonyl (C=O) groups excluding carboxylic acids is 2. The van der Waals surface area contributed by atoms with Gasteiger partial charge in [-0.05, 0) is 22.4 Å². The normalized spacial score (nSPS) is 19.1. The smallest absolute Gasteiger partial charge is 0.237 e. The minimum absolute atomic E-state index is 0.0608. The summed E-state index contributed by atoms with van der Waals surface area (Å²) >= 11 is 1.72. The van der Waals surface area contributed by atoms with Crippen LogP contribution in [-0.2, 0) is 16.1 Å². The minimum atomic E-state index is -0.396. The summed E-state index contributed by atoms with van der Waals surface area (Å²) in [4.78, 5) is 25.9. The van der Waals surface area contributed by atoms with E-state index in [1.54, 1.807) is 18.4 Å². The molecule has 0 unspecified atom stereocenters.